The van der Waals surface area contributed by atoms with Crippen molar-refractivity contribution in [2.45, 2.75) is 26.3 Å². The molecule has 0 unspecified atom stereocenters. The van der Waals surface area contributed by atoms with Gasteiger partial charge in [0.05, 0.1) is 12.8 Å². The third-order valence-corrected chi connectivity index (χ3v) is 6.93. The number of fused-ring (bicyclic) bond motifs is 1. The minimum atomic E-state index is -4.70. The molecule has 2 aromatic carbocycles. The van der Waals surface area contributed by atoms with Crippen LogP contribution in [-0.4, -0.2) is 54.9 Å². The number of imidazole rings is 1. The second kappa shape index (κ2) is 11.4. The first-order valence-electron chi connectivity index (χ1n) is 13.0. The van der Waals surface area contributed by atoms with Crippen LogP contribution in [0.2, 0.25) is 0 Å². The number of carbonyl (C=O) groups is 1. The van der Waals surface area contributed by atoms with E-state index in [4.69, 9.17) is 4.74 Å². The zero-order valence-corrected chi connectivity index (χ0v) is 22.2. The minimum Gasteiger partial charge on any atom is -0.497 e. The summed E-state index contributed by atoms with van der Waals surface area (Å²) in [4.78, 5) is 22.1. The van der Waals surface area contributed by atoms with Gasteiger partial charge in [0.1, 0.15) is 22.8 Å². The molecule has 1 N–H and O–H groups in total. The van der Waals surface area contributed by atoms with Crippen LogP contribution in [0.25, 0.3) is 5.65 Å². The highest BCUT2D eigenvalue weighted by molar-refractivity contribution is 5.94. The molecule has 210 valence electrons. The molecule has 3 heterocycles. The lowest BCUT2D eigenvalue weighted by Gasteiger charge is -2.37. The summed E-state index contributed by atoms with van der Waals surface area (Å²) in [5.41, 5.74) is 4.83. The Labute approximate surface area is 229 Å². The Morgan fingerprint density at radius 3 is 2.08 bits per heavy atom. The number of nitrogens with zero attached hydrogens (tertiary/aromatic N) is 4. The van der Waals surface area contributed by atoms with E-state index in [0.29, 0.717) is 30.1 Å². The van der Waals surface area contributed by atoms with Gasteiger partial charge in [0, 0.05) is 56.4 Å². The van der Waals surface area contributed by atoms with Crippen LogP contribution in [0.5, 0.6) is 11.5 Å². The summed E-state index contributed by atoms with van der Waals surface area (Å²) in [5.74, 6) is 0.270. The molecule has 5 rings (SSSR count). The van der Waals surface area contributed by atoms with Gasteiger partial charge in [0.2, 0.25) is 0 Å². The van der Waals surface area contributed by atoms with E-state index in [-0.39, 0.29) is 11.7 Å². The quantitative estimate of drug-likeness (QED) is 0.329. The number of methoxy groups -OCH3 is 1. The second-order valence-corrected chi connectivity index (χ2v) is 9.42. The van der Waals surface area contributed by atoms with Crippen LogP contribution in [0.1, 0.15) is 28.7 Å². The molecule has 1 fully saturated rings. The number of carbonyl (C=O) groups excluding carboxylic acids is 1. The number of anilines is 2. The molecule has 0 bridgehead atoms. The van der Waals surface area contributed by atoms with Gasteiger partial charge in [0.25, 0.3) is 5.91 Å². The molecule has 1 aliphatic rings. The topological polar surface area (TPSA) is 71.3 Å². The number of aryl methyl sites for hydroxylation is 1. The molecule has 0 aliphatic carbocycles. The smallest absolute Gasteiger partial charge is 0.497 e. The SMILES string of the molecule is CCc1nc2cc(OC)ccn2c1C(=O)NCc1ccc(N2CCN(c3ccc(OC(F)(F)F)cc3)CC2)cc1. The summed E-state index contributed by atoms with van der Waals surface area (Å²) in [7, 11) is 1.59. The maximum absolute atomic E-state index is 13.1. The van der Waals surface area contributed by atoms with Gasteiger partial charge in [-0.1, -0.05) is 19.1 Å². The van der Waals surface area contributed by atoms with Gasteiger partial charge in [-0.25, -0.2) is 4.98 Å². The van der Waals surface area contributed by atoms with Crippen LogP contribution in [0.3, 0.4) is 0 Å². The first kappa shape index (κ1) is 27.2. The molecule has 1 amide bonds. The summed E-state index contributed by atoms with van der Waals surface area (Å²) < 4.78 is 48.2. The summed E-state index contributed by atoms with van der Waals surface area (Å²) in [5, 5.41) is 3.01. The predicted molar refractivity (Wildman–Crippen MR) is 146 cm³/mol. The normalized spacial score (nSPS) is 13.9. The number of rotatable bonds is 8. The van der Waals surface area contributed by atoms with Crippen molar-refractivity contribution in [3.8, 4) is 11.5 Å². The lowest BCUT2D eigenvalue weighted by atomic mass is 10.1. The van der Waals surface area contributed by atoms with E-state index in [9.17, 15) is 18.0 Å². The van der Waals surface area contributed by atoms with Crippen molar-refractivity contribution in [2.24, 2.45) is 0 Å². The fourth-order valence-corrected chi connectivity index (χ4v) is 4.86. The van der Waals surface area contributed by atoms with Crippen molar-refractivity contribution in [1.82, 2.24) is 14.7 Å². The molecule has 0 atom stereocenters. The van der Waals surface area contributed by atoms with Crippen LogP contribution in [0, 0.1) is 0 Å². The van der Waals surface area contributed by atoms with Crippen LogP contribution in [0.4, 0.5) is 24.5 Å². The van der Waals surface area contributed by atoms with Crippen molar-refractivity contribution in [3.63, 3.8) is 0 Å². The van der Waals surface area contributed by atoms with Crippen molar-refractivity contribution < 1.29 is 27.4 Å². The second-order valence-electron chi connectivity index (χ2n) is 9.42. The fraction of sp³-hybridized carbons (Fsp3) is 0.310. The van der Waals surface area contributed by atoms with Crippen LogP contribution in [0.15, 0.2) is 66.9 Å². The number of benzene rings is 2. The van der Waals surface area contributed by atoms with E-state index < -0.39 is 6.36 Å². The van der Waals surface area contributed by atoms with E-state index >= 15 is 0 Å². The molecular formula is C29H30F3N5O3. The number of piperazine rings is 1. The molecule has 1 aliphatic heterocycles. The Kier molecular flexibility index (Phi) is 7.72. The molecule has 0 saturated carbocycles. The zero-order valence-electron chi connectivity index (χ0n) is 22.2. The number of alkyl halides is 3. The monoisotopic (exact) mass is 553 g/mol. The number of amides is 1. The number of pyridine rings is 1. The number of aromatic nitrogens is 2. The van der Waals surface area contributed by atoms with Crippen LogP contribution < -0.4 is 24.6 Å². The van der Waals surface area contributed by atoms with E-state index in [1.165, 1.54) is 12.1 Å². The molecule has 0 radical (unpaired) electrons. The first-order chi connectivity index (χ1) is 19.2. The van der Waals surface area contributed by atoms with Crippen molar-refractivity contribution >= 4 is 22.9 Å². The molecule has 2 aromatic heterocycles. The van der Waals surface area contributed by atoms with Gasteiger partial charge in [-0.15, -0.1) is 13.2 Å². The van der Waals surface area contributed by atoms with Crippen molar-refractivity contribution in [2.75, 3.05) is 43.1 Å². The van der Waals surface area contributed by atoms with E-state index in [1.54, 1.807) is 42.0 Å². The highest BCUT2D eigenvalue weighted by Gasteiger charge is 2.31. The molecular weight excluding hydrogens is 523 g/mol. The molecule has 8 nitrogen and oxygen atoms in total. The average Bonchev–Trinajstić information content (AvgIpc) is 3.34. The van der Waals surface area contributed by atoms with E-state index in [1.807, 2.05) is 31.2 Å². The third-order valence-electron chi connectivity index (χ3n) is 6.93. The largest absolute Gasteiger partial charge is 0.573 e. The number of ether oxygens (including phenoxy) is 2. The Hall–Kier alpha value is -4.41. The number of hydrogen-bond donors (Lipinski definition) is 1. The van der Waals surface area contributed by atoms with Gasteiger partial charge in [0.15, 0.2) is 0 Å². The Morgan fingerprint density at radius 2 is 1.52 bits per heavy atom. The highest BCUT2D eigenvalue weighted by atomic mass is 19.4. The lowest BCUT2D eigenvalue weighted by molar-refractivity contribution is -0.274. The summed E-state index contributed by atoms with van der Waals surface area (Å²) >= 11 is 0. The molecule has 0 spiro atoms. The maximum Gasteiger partial charge on any atom is 0.573 e. The van der Waals surface area contributed by atoms with E-state index in [0.717, 1.165) is 48.8 Å². The Balaban J connectivity index is 1.16. The molecule has 11 heteroatoms. The molecule has 4 aromatic rings. The van der Waals surface area contributed by atoms with Gasteiger partial charge < -0.3 is 24.6 Å². The highest BCUT2D eigenvalue weighted by Crippen LogP contribution is 2.27. The standard InChI is InChI=1S/C29H30F3N5O3/c1-3-25-27(37-13-12-24(39-2)18-26(37)34-25)28(38)33-19-20-4-6-21(7-5-20)35-14-16-36(17-15-35)22-8-10-23(11-9-22)40-29(30,31)32/h4-13,18H,3,14-17,19H2,1-2H3,(H,33,38). The number of hydrogen-bond acceptors (Lipinski definition) is 6. The maximum atomic E-state index is 13.1. The van der Waals surface area contributed by atoms with Crippen LogP contribution >= 0.6 is 0 Å². The average molecular weight is 554 g/mol. The van der Waals surface area contributed by atoms with Crippen LogP contribution in [-0.2, 0) is 13.0 Å². The third kappa shape index (κ3) is 6.08. The van der Waals surface area contributed by atoms with Crippen molar-refractivity contribution in [1.29, 1.82) is 0 Å². The minimum absolute atomic E-state index is 0.187. The molecule has 1 saturated heterocycles. The fourth-order valence-electron chi connectivity index (χ4n) is 4.86. The van der Waals surface area contributed by atoms with Crippen molar-refractivity contribution in [3.05, 3.63) is 83.8 Å². The lowest BCUT2D eigenvalue weighted by Crippen LogP contribution is -2.46. The summed E-state index contributed by atoms with van der Waals surface area (Å²) in [6, 6.07) is 17.6. The number of halogens is 3. The zero-order chi connectivity index (χ0) is 28.3. The number of nitrogens with one attached hydrogen (secondary N) is 1. The predicted octanol–water partition coefficient (Wildman–Crippen LogP) is 5.06. The van der Waals surface area contributed by atoms with Gasteiger partial charge in [-0.05, 0) is 54.4 Å². The first-order valence-corrected chi connectivity index (χ1v) is 13.0. The van der Waals surface area contributed by atoms with Gasteiger partial charge >= 0.3 is 6.36 Å². The summed E-state index contributed by atoms with van der Waals surface area (Å²) in [6.07, 6.45) is -2.27. The Morgan fingerprint density at radius 1 is 0.925 bits per heavy atom. The summed E-state index contributed by atoms with van der Waals surface area (Å²) in [6.45, 7) is 5.38. The Bertz CT molecular complexity index is 1460. The molecule has 40 heavy (non-hydrogen) atoms. The van der Waals surface area contributed by atoms with Gasteiger partial charge in [-0.3, -0.25) is 9.20 Å². The van der Waals surface area contributed by atoms with Gasteiger partial charge in [-0.2, -0.15) is 0 Å². The van der Waals surface area contributed by atoms with E-state index in [2.05, 4.69) is 24.8 Å².